The van der Waals surface area contributed by atoms with Crippen LogP contribution in [0.5, 0.6) is 0 Å². The Balaban J connectivity index is 2.41. The monoisotopic (exact) mass is 216 g/mol. The summed E-state index contributed by atoms with van der Waals surface area (Å²) in [7, 11) is 1.45. The second kappa shape index (κ2) is 6.05. The highest BCUT2D eigenvalue weighted by molar-refractivity contribution is 5.81. The largest absolute Gasteiger partial charge is 0.391 e. The third-order valence-electron chi connectivity index (χ3n) is 2.85. The molecule has 0 bridgehead atoms. The quantitative estimate of drug-likeness (QED) is 0.584. The minimum atomic E-state index is -0.612. The Labute approximate surface area is 90.0 Å². The third-order valence-corrected chi connectivity index (χ3v) is 2.85. The molecule has 4 N–H and O–H groups in total. The first-order valence-corrected chi connectivity index (χ1v) is 5.40. The van der Waals surface area contributed by atoms with Gasteiger partial charge in [0.2, 0.25) is 0 Å². The Kier molecular flexibility index (Phi) is 5.01. The predicted molar refractivity (Wildman–Crippen MR) is 56.3 cm³/mol. The van der Waals surface area contributed by atoms with E-state index in [1.54, 1.807) is 0 Å². The molecular weight excluding hydrogens is 196 g/mol. The van der Waals surface area contributed by atoms with Crippen molar-refractivity contribution in [3.05, 3.63) is 0 Å². The maximum atomic E-state index is 11.6. The zero-order valence-electron chi connectivity index (χ0n) is 9.11. The summed E-state index contributed by atoms with van der Waals surface area (Å²) in [5, 5.41) is 12.4. The molecule has 1 fully saturated rings. The Morgan fingerprint density at radius 3 is 2.80 bits per heavy atom. The lowest BCUT2D eigenvalue weighted by molar-refractivity contribution is -0.132. The van der Waals surface area contributed by atoms with Crippen molar-refractivity contribution in [3.63, 3.8) is 0 Å². The van der Waals surface area contributed by atoms with Crippen molar-refractivity contribution in [3.8, 4) is 0 Å². The summed E-state index contributed by atoms with van der Waals surface area (Å²) in [6.45, 7) is 0.158. The van der Waals surface area contributed by atoms with Crippen molar-refractivity contribution >= 4 is 5.91 Å². The van der Waals surface area contributed by atoms with Gasteiger partial charge in [0.25, 0.3) is 5.91 Å². The van der Waals surface area contributed by atoms with Gasteiger partial charge in [0.05, 0.1) is 12.1 Å². The van der Waals surface area contributed by atoms with Gasteiger partial charge in [-0.3, -0.25) is 4.79 Å². The highest BCUT2D eigenvalue weighted by Crippen LogP contribution is 2.18. The lowest BCUT2D eigenvalue weighted by atomic mass is 9.92. The lowest BCUT2D eigenvalue weighted by Crippen LogP contribution is -2.50. The molecule has 1 unspecified atom stereocenters. The molecule has 0 aliphatic heterocycles. The number of nitrogens with one attached hydrogen (secondary N) is 1. The molecule has 0 aromatic rings. The van der Waals surface area contributed by atoms with Gasteiger partial charge < -0.3 is 20.9 Å². The summed E-state index contributed by atoms with van der Waals surface area (Å²) in [6, 6.07) is -0.143. The zero-order valence-corrected chi connectivity index (χ0v) is 9.11. The van der Waals surface area contributed by atoms with E-state index < -0.39 is 12.2 Å². The van der Waals surface area contributed by atoms with Gasteiger partial charge in [-0.15, -0.1) is 0 Å². The van der Waals surface area contributed by atoms with Crippen LogP contribution in [-0.2, 0) is 9.53 Å². The van der Waals surface area contributed by atoms with E-state index in [0.29, 0.717) is 0 Å². The number of ether oxygens (including phenoxy) is 1. The van der Waals surface area contributed by atoms with Gasteiger partial charge >= 0.3 is 0 Å². The molecule has 5 heteroatoms. The van der Waals surface area contributed by atoms with Crippen molar-refractivity contribution in [1.82, 2.24) is 5.32 Å². The van der Waals surface area contributed by atoms with Crippen LogP contribution in [0.1, 0.15) is 25.7 Å². The summed E-state index contributed by atoms with van der Waals surface area (Å²) in [4.78, 5) is 11.6. The Hall–Kier alpha value is -0.650. The van der Waals surface area contributed by atoms with Gasteiger partial charge in [-0.05, 0) is 12.8 Å². The van der Waals surface area contributed by atoms with Crippen molar-refractivity contribution in [2.45, 2.75) is 43.9 Å². The number of carbonyl (C=O) groups is 1. The van der Waals surface area contributed by atoms with E-state index in [4.69, 9.17) is 10.5 Å². The fourth-order valence-corrected chi connectivity index (χ4v) is 1.87. The normalized spacial score (nSPS) is 28.5. The predicted octanol–water partition coefficient (Wildman–Crippen LogP) is -0.620. The van der Waals surface area contributed by atoms with Gasteiger partial charge in [0.1, 0.15) is 6.10 Å². The minimum Gasteiger partial charge on any atom is -0.391 e. The van der Waals surface area contributed by atoms with Crippen LogP contribution in [0.4, 0.5) is 0 Å². The molecule has 1 aliphatic rings. The summed E-state index contributed by atoms with van der Waals surface area (Å²) >= 11 is 0. The van der Waals surface area contributed by atoms with Crippen LogP contribution in [0, 0.1) is 0 Å². The first kappa shape index (κ1) is 12.4. The van der Waals surface area contributed by atoms with E-state index in [-0.39, 0.29) is 18.5 Å². The first-order valence-electron chi connectivity index (χ1n) is 5.40. The average Bonchev–Trinajstić information content (AvgIpc) is 2.23. The third kappa shape index (κ3) is 3.44. The second-order valence-corrected chi connectivity index (χ2v) is 3.93. The molecule has 3 atom stereocenters. The van der Waals surface area contributed by atoms with Gasteiger partial charge in [-0.25, -0.2) is 0 Å². The van der Waals surface area contributed by atoms with Crippen molar-refractivity contribution < 1.29 is 14.6 Å². The molecule has 1 rings (SSSR count). The molecule has 1 aliphatic carbocycles. The fraction of sp³-hybridized carbons (Fsp3) is 0.900. The number of carbonyl (C=O) groups excluding carboxylic acids is 1. The maximum absolute atomic E-state index is 11.6. The molecule has 0 heterocycles. The minimum absolute atomic E-state index is 0.143. The van der Waals surface area contributed by atoms with E-state index in [9.17, 15) is 9.90 Å². The van der Waals surface area contributed by atoms with Crippen LogP contribution in [0.2, 0.25) is 0 Å². The van der Waals surface area contributed by atoms with Crippen LogP contribution >= 0.6 is 0 Å². The summed E-state index contributed by atoms with van der Waals surface area (Å²) in [5.74, 6) is -0.231. The number of nitrogens with two attached hydrogens (primary N) is 1. The van der Waals surface area contributed by atoms with E-state index in [0.717, 1.165) is 25.7 Å². The molecule has 5 nitrogen and oxygen atoms in total. The number of hydrogen-bond donors (Lipinski definition) is 3. The number of hydrogen-bond acceptors (Lipinski definition) is 4. The van der Waals surface area contributed by atoms with Gasteiger partial charge in [-0.2, -0.15) is 0 Å². The average molecular weight is 216 g/mol. The number of rotatable bonds is 4. The smallest absolute Gasteiger partial charge is 0.250 e. The fourth-order valence-electron chi connectivity index (χ4n) is 1.87. The first-order chi connectivity index (χ1) is 7.19. The van der Waals surface area contributed by atoms with Crippen molar-refractivity contribution in [2.24, 2.45) is 5.73 Å². The molecule has 0 radical (unpaired) electrons. The highest BCUT2D eigenvalue weighted by Gasteiger charge is 2.26. The van der Waals surface area contributed by atoms with Gasteiger partial charge in [0, 0.05) is 13.7 Å². The second-order valence-electron chi connectivity index (χ2n) is 3.93. The number of amides is 1. The van der Waals surface area contributed by atoms with Crippen molar-refractivity contribution in [2.75, 3.05) is 13.7 Å². The topological polar surface area (TPSA) is 84.6 Å². The number of methoxy groups -OCH3 is 1. The maximum Gasteiger partial charge on any atom is 0.250 e. The molecule has 15 heavy (non-hydrogen) atoms. The van der Waals surface area contributed by atoms with Crippen LogP contribution in [0.15, 0.2) is 0 Å². The lowest BCUT2D eigenvalue weighted by Gasteiger charge is -2.29. The van der Waals surface area contributed by atoms with Gasteiger partial charge in [0.15, 0.2) is 0 Å². The molecule has 88 valence electrons. The van der Waals surface area contributed by atoms with Gasteiger partial charge in [-0.1, -0.05) is 12.8 Å². The van der Waals surface area contributed by atoms with Crippen LogP contribution in [0.25, 0.3) is 0 Å². The standard InChI is InChI=1S/C10H20N2O3/c1-15-9(6-11)10(14)12-7-4-2-3-5-8(7)13/h7-9,13H,2-6,11H2,1H3,(H,12,14)/t7-,8-,9?/m1/s1. The van der Waals surface area contributed by atoms with E-state index in [1.165, 1.54) is 7.11 Å². The molecule has 0 aromatic carbocycles. The van der Waals surface area contributed by atoms with Crippen LogP contribution < -0.4 is 11.1 Å². The Bertz CT molecular complexity index is 207. The zero-order chi connectivity index (χ0) is 11.3. The summed E-state index contributed by atoms with van der Waals surface area (Å²) in [6.07, 6.45) is 2.61. The van der Waals surface area contributed by atoms with E-state index >= 15 is 0 Å². The molecular formula is C10H20N2O3. The molecule has 1 saturated carbocycles. The van der Waals surface area contributed by atoms with Crippen molar-refractivity contribution in [1.29, 1.82) is 0 Å². The molecule has 1 amide bonds. The molecule has 0 spiro atoms. The van der Waals surface area contributed by atoms with E-state index in [1.807, 2.05) is 0 Å². The Morgan fingerprint density at radius 2 is 2.27 bits per heavy atom. The van der Waals surface area contributed by atoms with Crippen LogP contribution in [-0.4, -0.2) is 42.9 Å². The summed E-state index contributed by atoms with van der Waals surface area (Å²) < 4.78 is 4.92. The summed E-state index contributed by atoms with van der Waals surface area (Å²) in [5.41, 5.74) is 5.38. The Morgan fingerprint density at radius 1 is 1.60 bits per heavy atom. The molecule has 0 aromatic heterocycles. The van der Waals surface area contributed by atoms with E-state index in [2.05, 4.69) is 5.32 Å². The number of aliphatic hydroxyl groups excluding tert-OH is 1. The SMILES string of the molecule is COC(CN)C(=O)N[C@@H]1CCCC[C@H]1O. The number of aliphatic hydroxyl groups is 1. The van der Waals surface area contributed by atoms with Crippen LogP contribution in [0.3, 0.4) is 0 Å². The highest BCUT2D eigenvalue weighted by atomic mass is 16.5. The molecule has 0 saturated heterocycles.